The van der Waals surface area contributed by atoms with E-state index in [0.29, 0.717) is 12.8 Å². The van der Waals surface area contributed by atoms with Gasteiger partial charge >= 0.3 is 5.97 Å². The van der Waals surface area contributed by atoms with Crippen LogP contribution in [0.5, 0.6) is 0 Å². The van der Waals surface area contributed by atoms with Crippen LogP contribution in [0.4, 0.5) is 0 Å². The number of allylic oxidation sites excluding steroid dienone is 3. The second-order valence-electron chi connectivity index (χ2n) is 17.2. The highest BCUT2D eigenvalue weighted by molar-refractivity contribution is 5.78. The molecule has 0 heterocycles. The van der Waals surface area contributed by atoms with E-state index in [9.17, 15) is 19.8 Å². The number of hydrogen-bond donors (Lipinski definition) is 3. The van der Waals surface area contributed by atoms with Crippen molar-refractivity contribution in [3.63, 3.8) is 0 Å². The molecule has 6 heteroatoms. The Morgan fingerprint density at radius 3 is 1.37 bits per heavy atom. The molecular weight excluding hydrogens is 707 g/mol. The van der Waals surface area contributed by atoms with Crippen molar-refractivity contribution >= 4 is 11.9 Å². The van der Waals surface area contributed by atoms with E-state index in [-0.39, 0.29) is 24.9 Å². The maximum Gasteiger partial charge on any atom is 0.306 e. The minimum absolute atomic E-state index is 0.0235. The lowest BCUT2D eigenvalue weighted by Crippen LogP contribution is -2.46. The first-order valence-electron chi connectivity index (χ1n) is 25.1. The van der Waals surface area contributed by atoms with E-state index in [1.54, 1.807) is 0 Å². The first-order chi connectivity index (χ1) is 28.0. The Morgan fingerprint density at radius 2 is 0.930 bits per heavy atom. The summed E-state index contributed by atoms with van der Waals surface area (Å²) in [6.07, 6.45) is 51.2. The molecule has 0 aliphatic rings. The third-order valence-electron chi connectivity index (χ3n) is 11.5. The predicted octanol–water partition coefficient (Wildman–Crippen LogP) is 14.7. The van der Waals surface area contributed by atoms with E-state index in [2.05, 4.69) is 38.2 Å². The smallest absolute Gasteiger partial charge is 0.306 e. The van der Waals surface area contributed by atoms with E-state index in [4.69, 9.17) is 4.74 Å². The van der Waals surface area contributed by atoms with Crippen LogP contribution in [0.3, 0.4) is 0 Å². The number of hydrogen-bond acceptors (Lipinski definition) is 5. The summed E-state index contributed by atoms with van der Waals surface area (Å²) < 4.78 is 5.81. The summed E-state index contributed by atoms with van der Waals surface area (Å²) in [5.74, 6) is -0.592. The zero-order chi connectivity index (χ0) is 41.7. The normalized spacial score (nSPS) is 13.4. The second kappa shape index (κ2) is 45.4. The average molecular weight is 804 g/mol. The molecule has 3 unspecified atom stereocenters. The summed E-state index contributed by atoms with van der Waals surface area (Å²) in [5.41, 5.74) is 0. The minimum Gasteiger partial charge on any atom is -0.458 e. The Balaban J connectivity index is 4.56. The van der Waals surface area contributed by atoms with E-state index in [0.717, 1.165) is 51.4 Å². The Kier molecular flexibility index (Phi) is 44.1. The number of rotatable bonds is 45. The average Bonchev–Trinajstić information content (AvgIpc) is 3.20. The summed E-state index contributed by atoms with van der Waals surface area (Å²) in [4.78, 5) is 26.0. The quantitative estimate of drug-likeness (QED) is 0.0324. The number of aliphatic hydroxyl groups is 2. The molecule has 57 heavy (non-hydrogen) atoms. The number of amides is 1. The molecule has 0 rings (SSSR count). The SMILES string of the molecule is CCCCCCCC/C=C\C/C=C/C(CC(=O)NC(CO)C(O)CCCCCCCCCCCCCCCCC)OC(=O)CCCCCCCCCCCCCC. The van der Waals surface area contributed by atoms with E-state index in [1.165, 1.54) is 173 Å². The fraction of sp³-hybridized carbons (Fsp3) is 0.882. The van der Waals surface area contributed by atoms with Gasteiger partial charge in [-0.25, -0.2) is 0 Å². The molecule has 3 N–H and O–H groups in total. The molecule has 0 aromatic rings. The predicted molar refractivity (Wildman–Crippen MR) is 246 cm³/mol. The van der Waals surface area contributed by atoms with Crippen molar-refractivity contribution in [1.29, 1.82) is 0 Å². The molecule has 336 valence electrons. The van der Waals surface area contributed by atoms with Gasteiger partial charge in [0.25, 0.3) is 0 Å². The van der Waals surface area contributed by atoms with E-state index in [1.807, 2.05) is 12.2 Å². The number of esters is 1. The lowest BCUT2D eigenvalue weighted by atomic mass is 10.0. The molecule has 0 spiro atoms. The molecule has 0 aromatic carbocycles. The third-order valence-corrected chi connectivity index (χ3v) is 11.5. The fourth-order valence-electron chi connectivity index (χ4n) is 7.69. The summed E-state index contributed by atoms with van der Waals surface area (Å²) in [7, 11) is 0. The minimum atomic E-state index is -0.806. The third kappa shape index (κ3) is 40.9. The lowest BCUT2D eigenvalue weighted by Gasteiger charge is -2.23. The zero-order valence-electron chi connectivity index (χ0n) is 38.2. The molecular formula is C51H97NO5. The van der Waals surface area contributed by atoms with Gasteiger partial charge in [-0.15, -0.1) is 0 Å². The highest BCUT2D eigenvalue weighted by Crippen LogP contribution is 2.17. The molecule has 0 aliphatic heterocycles. The van der Waals surface area contributed by atoms with Gasteiger partial charge in [0.05, 0.1) is 25.2 Å². The van der Waals surface area contributed by atoms with Gasteiger partial charge < -0.3 is 20.3 Å². The van der Waals surface area contributed by atoms with Crippen molar-refractivity contribution in [2.24, 2.45) is 0 Å². The molecule has 0 bridgehead atoms. The molecule has 0 aliphatic carbocycles. The standard InChI is InChI=1S/C51H97NO5/c1-4-7-10-13-16-19-22-24-25-26-28-31-34-37-40-43-49(54)48(46-53)52-50(55)45-47(42-39-36-33-30-27-21-18-15-12-9-6-3)57-51(56)44-41-38-35-32-29-23-20-17-14-11-8-5-2/h30,33,39,42,47-49,53-54H,4-29,31-32,34-38,40-41,43-46H2,1-3H3,(H,52,55)/b33-30-,42-39+. The van der Waals surface area contributed by atoms with Crippen LogP contribution in [0, 0.1) is 0 Å². The van der Waals surface area contributed by atoms with Gasteiger partial charge in [-0.1, -0.05) is 238 Å². The largest absolute Gasteiger partial charge is 0.458 e. The Morgan fingerprint density at radius 1 is 0.526 bits per heavy atom. The van der Waals surface area contributed by atoms with Crippen LogP contribution in [0.2, 0.25) is 0 Å². The van der Waals surface area contributed by atoms with Crippen molar-refractivity contribution in [3.05, 3.63) is 24.3 Å². The van der Waals surface area contributed by atoms with E-state index < -0.39 is 18.2 Å². The van der Waals surface area contributed by atoms with Gasteiger partial charge in [0.1, 0.15) is 6.10 Å². The highest BCUT2D eigenvalue weighted by Gasteiger charge is 2.23. The summed E-state index contributed by atoms with van der Waals surface area (Å²) in [5, 5.41) is 23.7. The first-order valence-corrected chi connectivity index (χ1v) is 25.1. The molecule has 0 saturated carbocycles. The molecule has 3 atom stereocenters. The molecule has 0 aromatic heterocycles. The summed E-state index contributed by atoms with van der Waals surface area (Å²) in [6.45, 7) is 6.45. The summed E-state index contributed by atoms with van der Waals surface area (Å²) in [6, 6.07) is -0.726. The Bertz CT molecular complexity index is 904. The highest BCUT2D eigenvalue weighted by atomic mass is 16.5. The Hall–Kier alpha value is -1.66. The van der Waals surface area contributed by atoms with Crippen molar-refractivity contribution < 1.29 is 24.5 Å². The first kappa shape index (κ1) is 55.3. The van der Waals surface area contributed by atoms with Gasteiger partial charge in [-0.2, -0.15) is 0 Å². The molecule has 1 amide bonds. The monoisotopic (exact) mass is 804 g/mol. The summed E-state index contributed by atoms with van der Waals surface area (Å²) >= 11 is 0. The van der Waals surface area contributed by atoms with Crippen molar-refractivity contribution in [3.8, 4) is 0 Å². The van der Waals surface area contributed by atoms with Crippen LogP contribution in [0.15, 0.2) is 24.3 Å². The number of nitrogens with one attached hydrogen (secondary N) is 1. The molecule has 0 radical (unpaired) electrons. The molecule has 0 saturated heterocycles. The van der Waals surface area contributed by atoms with Crippen molar-refractivity contribution in [1.82, 2.24) is 5.32 Å². The molecule has 6 nitrogen and oxygen atoms in total. The van der Waals surface area contributed by atoms with Crippen LogP contribution in [-0.4, -0.2) is 46.9 Å². The maximum absolute atomic E-state index is 13.1. The van der Waals surface area contributed by atoms with Crippen LogP contribution in [0.25, 0.3) is 0 Å². The van der Waals surface area contributed by atoms with Gasteiger partial charge in [0, 0.05) is 6.42 Å². The van der Waals surface area contributed by atoms with Crippen LogP contribution in [-0.2, 0) is 14.3 Å². The van der Waals surface area contributed by atoms with Gasteiger partial charge in [-0.3, -0.25) is 9.59 Å². The topological polar surface area (TPSA) is 95.9 Å². The van der Waals surface area contributed by atoms with E-state index >= 15 is 0 Å². The number of unbranched alkanes of at least 4 members (excludes halogenated alkanes) is 31. The second-order valence-corrected chi connectivity index (χ2v) is 17.2. The zero-order valence-corrected chi connectivity index (χ0v) is 38.2. The van der Waals surface area contributed by atoms with Crippen LogP contribution < -0.4 is 5.32 Å². The van der Waals surface area contributed by atoms with Crippen molar-refractivity contribution in [2.75, 3.05) is 6.61 Å². The van der Waals surface area contributed by atoms with Gasteiger partial charge in [0.2, 0.25) is 5.91 Å². The number of carbonyl (C=O) groups is 2. The van der Waals surface area contributed by atoms with Crippen LogP contribution >= 0.6 is 0 Å². The van der Waals surface area contributed by atoms with Gasteiger partial charge in [0.15, 0.2) is 0 Å². The van der Waals surface area contributed by atoms with Crippen molar-refractivity contribution in [2.45, 2.75) is 283 Å². The maximum atomic E-state index is 13.1. The lowest BCUT2D eigenvalue weighted by molar-refractivity contribution is -0.148. The van der Waals surface area contributed by atoms with Gasteiger partial charge in [-0.05, 0) is 38.2 Å². The fourth-order valence-corrected chi connectivity index (χ4v) is 7.69. The Labute approximate surface area is 354 Å². The number of aliphatic hydroxyl groups excluding tert-OH is 2. The number of ether oxygens (including phenoxy) is 1. The van der Waals surface area contributed by atoms with Crippen LogP contribution in [0.1, 0.15) is 265 Å². The molecule has 0 fully saturated rings. The number of carbonyl (C=O) groups excluding carboxylic acids is 2.